The molecule has 0 aromatic rings. The van der Waals surface area contributed by atoms with Gasteiger partial charge < -0.3 is 1.43 Å². The van der Waals surface area contributed by atoms with Crippen LogP contribution in [0.5, 0.6) is 0 Å². The average molecular weight is 234 g/mol. The molecule has 0 aliphatic carbocycles. The van der Waals surface area contributed by atoms with E-state index >= 15 is 0 Å². The van der Waals surface area contributed by atoms with E-state index in [9.17, 15) is 26.1 Å². The molecule has 0 aliphatic rings. The van der Waals surface area contributed by atoms with E-state index in [1.807, 2.05) is 0 Å². The number of rotatable bonds is 5. The minimum Gasteiger partial charge on any atom is -1.00 e. The smallest absolute Gasteiger partial charge is 1.00 e. The SMILES string of the molecule is O=S(=O)(OF)C(CCF)C(F)F.[H-].[Na+]. The monoisotopic (exact) mass is 234 g/mol. The van der Waals surface area contributed by atoms with Gasteiger partial charge in [-0.2, -0.15) is 8.42 Å². The summed E-state index contributed by atoms with van der Waals surface area (Å²) in [6.07, 6.45) is -4.34. The Kier molecular flexibility index (Phi) is 8.65. The molecule has 0 rings (SSSR count). The molecule has 0 saturated carbocycles. The number of alkyl halides is 3. The van der Waals surface area contributed by atoms with E-state index in [1.54, 1.807) is 0 Å². The van der Waals surface area contributed by atoms with Crippen molar-refractivity contribution in [1.29, 1.82) is 0 Å². The van der Waals surface area contributed by atoms with Crippen LogP contribution in [-0.4, -0.2) is 26.8 Å². The van der Waals surface area contributed by atoms with Crippen molar-refractivity contribution in [2.24, 2.45) is 0 Å². The van der Waals surface area contributed by atoms with Crippen molar-refractivity contribution in [3.63, 3.8) is 0 Å². The Balaban J connectivity index is -0.000000605. The number of hydrogen-bond donors (Lipinski definition) is 0. The summed E-state index contributed by atoms with van der Waals surface area (Å²) in [4.78, 5) is 0. The van der Waals surface area contributed by atoms with E-state index in [1.165, 1.54) is 0 Å². The van der Waals surface area contributed by atoms with Gasteiger partial charge in [-0.15, -0.1) is 0 Å². The van der Waals surface area contributed by atoms with Crippen LogP contribution >= 0.6 is 0 Å². The van der Waals surface area contributed by atoms with Crippen LogP contribution in [0.4, 0.5) is 17.7 Å². The van der Waals surface area contributed by atoms with E-state index in [0.717, 1.165) is 0 Å². The molecule has 0 heterocycles. The fourth-order valence-electron chi connectivity index (χ4n) is 0.551. The van der Waals surface area contributed by atoms with Crippen LogP contribution in [0.3, 0.4) is 0 Å². The van der Waals surface area contributed by atoms with Crippen molar-refractivity contribution in [3.05, 3.63) is 0 Å². The van der Waals surface area contributed by atoms with Gasteiger partial charge in [0, 0.05) is 6.42 Å². The Labute approximate surface area is 96.2 Å². The van der Waals surface area contributed by atoms with E-state index in [2.05, 4.69) is 4.39 Å². The Morgan fingerprint density at radius 3 is 2.08 bits per heavy atom. The zero-order chi connectivity index (χ0) is 9.78. The van der Waals surface area contributed by atoms with Gasteiger partial charge in [0.05, 0.1) is 6.67 Å². The summed E-state index contributed by atoms with van der Waals surface area (Å²) >= 11 is 0. The fraction of sp³-hybridized carbons (Fsp3) is 1.00. The van der Waals surface area contributed by atoms with Gasteiger partial charge in [0.25, 0.3) is 6.43 Å². The van der Waals surface area contributed by atoms with Crippen molar-refractivity contribution in [1.82, 2.24) is 0 Å². The van der Waals surface area contributed by atoms with Gasteiger partial charge in [0.15, 0.2) is 5.25 Å². The van der Waals surface area contributed by atoms with Gasteiger partial charge in [0.1, 0.15) is 0 Å². The Morgan fingerprint density at radius 2 is 1.85 bits per heavy atom. The third kappa shape index (κ3) is 5.16. The fourth-order valence-corrected chi connectivity index (χ4v) is 1.27. The van der Waals surface area contributed by atoms with Gasteiger partial charge in [-0.25, -0.2) is 8.78 Å². The van der Waals surface area contributed by atoms with Gasteiger partial charge in [-0.05, 0) is 4.53 Å². The van der Waals surface area contributed by atoms with Gasteiger partial charge in [0.2, 0.25) is 0 Å². The molecule has 9 heteroatoms. The van der Waals surface area contributed by atoms with Crippen LogP contribution in [0.2, 0.25) is 0 Å². The van der Waals surface area contributed by atoms with Gasteiger partial charge in [-0.3, -0.25) is 4.39 Å². The predicted octanol–water partition coefficient (Wildman–Crippen LogP) is -1.67. The molecular weight excluding hydrogens is 227 g/mol. The molecule has 0 aliphatic heterocycles. The average Bonchev–Trinajstić information content (AvgIpc) is 1.99. The molecule has 0 bridgehead atoms. The third-order valence-electron chi connectivity index (χ3n) is 1.13. The van der Waals surface area contributed by atoms with E-state index < -0.39 is 34.9 Å². The van der Waals surface area contributed by atoms with Crippen molar-refractivity contribution >= 4 is 10.1 Å². The van der Waals surface area contributed by atoms with Crippen LogP contribution in [0.15, 0.2) is 0 Å². The molecule has 0 aromatic heterocycles. The molecule has 0 amide bonds. The van der Waals surface area contributed by atoms with E-state index in [4.69, 9.17) is 0 Å². The molecular formula is C4H7F4NaO3S. The zero-order valence-electron chi connectivity index (χ0n) is 7.71. The first-order valence-corrected chi connectivity index (χ1v) is 4.31. The van der Waals surface area contributed by atoms with Crippen LogP contribution in [0.1, 0.15) is 7.85 Å². The minimum absolute atomic E-state index is 0. The summed E-state index contributed by atoms with van der Waals surface area (Å²) < 4.78 is 69.1. The summed E-state index contributed by atoms with van der Waals surface area (Å²) in [5.41, 5.74) is 0. The van der Waals surface area contributed by atoms with E-state index in [-0.39, 0.29) is 31.0 Å². The summed E-state index contributed by atoms with van der Waals surface area (Å²) in [6.45, 7) is -1.28. The first-order valence-electron chi connectivity index (χ1n) is 2.84. The quantitative estimate of drug-likeness (QED) is 0.422. The third-order valence-corrected chi connectivity index (χ3v) is 2.49. The van der Waals surface area contributed by atoms with Gasteiger partial charge in [-0.1, -0.05) is 4.39 Å². The largest absolute Gasteiger partial charge is 1.00 e. The van der Waals surface area contributed by atoms with Crippen molar-refractivity contribution < 1.29 is 61.5 Å². The molecule has 0 aromatic carbocycles. The second kappa shape index (κ2) is 6.99. The summed E-state index contributed by atoms with van der Waals surface area (Å²) in [6, 6.07) is 0. The topological polar surface area (TPSA) is 43.4 Å². The Bertz CT molecular complexity index is 225. The molecule has 1 atom stereocenters. The van der Waals surface area contributed by atoms with Crippen molar-refractivity contribution in [3.8, 4) is 0 Å². The second-order valence-electron chi connectivity index (χ2n) is 1.91. The number of hydrogen-bond acceptors (Lipinski definition) is 3. The molecule has 0 radical (unpaired) electrons. The summed E-state index contributed by atoms with van der Waals surface area (Å²) in [5.74, 6) is 0. The van der Waals surface area contributed by atoms with Crippen LogP contribution in [0.25, 0.3) is 0 Å². The molecule has 0 saturated heterocycles. The van der Waals surface area contributed by atoms with Gasteiger partial charge >= 0.3 is 39.7 Å². The maximum atomic E-state index is 11.8. The molecule has 13 heavy (non-hydrogen) atoms. The maximum Gasteiger partial charge on any atom is 1.00 e. The van der Waals surface area contributed by atoms with Crippen molar-refractivity contribution in [2.45, 2.75) is 18.1 Å². The molecule has 3 nitrogen and oxygen atoms in total. The van der Waals surface area contributed by atoms with Crippen LogP contribution < -0.4 is 29.6 Å². The molecule has 0 N–H and O–H groups in total. The summed E-state index contributed by atoms with van der Waals surface area (Å²) in [5, 5.41) is -2.44. The maximum absolute atomic E-state index is 11.8. The molecule has 0 spiro atoms. The first-order chi connectivity index (χ1) is 5.45. The molecule has 1 unspecified atom stereocenters. The zero-order valence-corrected chi connectivity index (χ0v) is 9.53. The number of halogens is 4. The Morgan fingerprint density at radius 1 is 1.38 bits per heavy atom. The van der Waals surface area contributed by atoms with Crippen LogP contribution in [0, 0.1) is 0 Å². The normalized spacial score (nSPS) is 13.9. The predicted molar refractivity (Wildman–Crippen MR) is 32.6 cm³/mol. The summed E-state index contributed by atoms with van der Waals surface area (Å²) in [7, 11) is -4.98. The first kappa shape index (κ1) is 16.1. The minimum atomic E-state index is -4.98. The van der Waals surface area contributed by atoms with E-state index in [0.29, 0.717) is 0 Å². The molecule has 0 fully saturated rings. The second-order valence-corrected chi connectivity index (χ2v) is 3.62. The van der Waals surface area contributed by atoms with Crippen molar-refractivity contribution in [2.75, 3.05) is 6.67 Å². The van der Waals surface area contributed by atoms with Crippen LogP contribution in [-0.2, 0) is 14.5 Å². The molecule has 76 valence electrons. The standard InChI is InChI=1S/C4H6F4O3S.Na.H/c5-2-1-3(4(6)7)12(9,10)11-8;;/h3-4H,1-2H2;;/q;+1;-1. The Hall–Kier alpha value is 0.630.